The Labute approximate surface area is 134 Å². The van der Waals surface area contributed by atoms with Crippen LogP contribution in [0.3, 0.4) is 0 Å². The molecule has 0 atom stereocenters. The van der Waals surface area contributed by atoms with E-state index < -0.39 is 17.7 Å². The van der Waals surface area contributed by atoms with Crippen molar-refractivity contribution >= 4 is 5.97 Å². The quantitative estimate of drug-likeness (QED) is 0.794. The average molecular weight is 333 g/mol. The molecule has 122 valence electrons. The van der Waals surface area contributed by atoms with Crippen LogP contribution < -0.4 is 0 Å². The maximum absolute atomic E-state index is 12.9. The van der Waals surface area contributed by atoms with Gasteiger partial charge in [-0.1, -0.05) is 18.2 Å². The normalized spacial score (nSPS) is 11.5. The van der Waals surface area contributed by atoms with E-state index in [-0.39, 0.29) is 11.3 Å². The molecule has 24 heavy (non-hydrogen) atoms. The van der Waals surface area contributed by atoms with Gasteiger partial charge in [-0.3, -0.25) is 0 Å². The first-order valence-electron chi connectivity index (χ1n) is 6.76. The smallest absolute Gasteiger partial charge is 0.416 e. The number of aromatic nitrogens is 3. The van der Waals surface area contributed by atoms with E-state index >= 15 is 0 Å². The van der Waals surface area contributed by atoms with Crippen LogP contribution in [0.2, 0.25) is 0 Å². The molecule has 0 saturated carbocycles. The van der Waals surface area contributed by atoms with Gasteiger partial charge in [0.2, 0.25) is 0 Å². The molecule has 0 bridgehead atoms. The van der Waals surface area contributed by atoms with Gasteiger partial charge in [0, 0.05) is 0 Å². The molecule has 0 unspecified atom stereocenters. The zero-order valence-corrected chi connectivity index (χ0v) is 12.0. The van der Waals surface area contributed by atoms with E-state index in [4.69, 9.17) is 0 Å². The molecule has 1 N–H and O–H groups in total. The van der Waals surface area contributed by atoms with E-state index in [1.807, 2.05) is 0 Å². The summed E-state index contributed by atoms with van der Waals surface area (Å²) in [6, 6.07) is 9.07. The second kappa shape index (κ2) is 5.80. The molecule has 1 heterocycles. The van der Waals surface area contributed by atoms with Gasteiger partial charge in [0.1, 0.15) is 12.7 Å². The zero-order chi connectivity index (χ0) is 17.3. The van der Waals surface area contributed by atoms with Crippen LogP contribution >= 0.6 is 0 Å². The van der Waals surface area contributed by atoms with Crippen molar-refractivity contribution in [1.29, 1.82) is 0 Å². The molecule has 0 aliphatic carbocycles. The number of aromatic carboxylic acids is 1. The van der Waals surface area contributed by atoms with Gasteiger partial charge in [0.05, 0.1) is 16.8 Å². The second-order valence-corrected chi connectivity index (χ2v) is 4.96. The number of carbonyl (C=O) groups is 1. The number of hydrogen-bond acceptors (Lipinski definition) is 3. The third-order valence-corrected chi connectivity index (χ3v) is 3.42. The molecule has 0 amide bonds. The minimum Gasteiger partial charge on any atom is -0.478 e. The van der Waals surface area contributed by atoms with Gasteiger partial charge in [-0.2, -0.15) is 18.3 Å². The summed E-state index contributed by atoms with van der Waals surface area (Å²) in [6.45, 7) is 0. The molecule has 8 heteroatoms. The predicted molar refractivity (Wildman–Crippen MR) is 78.8 cm³/mol. The van der Waals surface area contributed by atoms with Gasteiger partial charge < -0.3 is 5.11 Å². The van der Waals surface area contributed by atoms with Crippen LogP contribution in [0.4, 0.5) is 13.2 Å². The number of nitrogens with zero attached hydrogens (tertiary/aromatic N) is 3. The first-order chi connectivity index (χ1) is 11.4. The minimum absolute atomic E-state index is 0.0313. The van der Waals surface area contributed by atoms with E-state index in [0.717, 1.165) is 12.1 Å². The van der Waals surface area contributed by atoms with E-state index in [0.29, 0.717) is 11.1 Å². The van der Waals surface area contributed by atoms with E-state index in [1.165, 1.54) is 47.7 Å². The summed E-state index contributed by atoms with van der Waals surface area (Å²) in [5, 5.41) is 13.1. The highest BCUT2D eigenvalue weighted by molar-refractivity contribution is 5.93. The largest absolute Gasteiger partial charge is 0.478 e. The molecule has 0 radical (unpaired) electrons. The Morgan fingerprint density at radius 1 is 1.08 bits per heavy atom. The molecule has 3 aromatic rings. The van der Waals surface area contributed by atoms with Crippen LogP contribution in [0.5, 0.6) is 0 Å². The van der Waals surface area contributed by atoms with Crippen molar-refractivity contribution in [3.05, 3.63) is 66.2 Å². The SMILES string of the molecule is O=C(O)c1ccc(-c2cccc(C(F)(F)F)c2)cc1-n1cncn1. The summed E-state index contributed by atoms with van der Waals surface area (Å²) in [5.74, 6) is -1.17. The van der Waals surface area contributed by atoms with Crippen molar-refractivity contribution in [3.63, 3.8) is 0 Å². The van der Waals surface area contributed by atoms with E-state index in [1.54, 1.807) is 0 Å². The lowest BCUT2D eigenvalue weighted by Gasteiger charge is -2.11. The highest BCUT2D eigenvalue weighted by Gasteiger charge is 2.30. The van der Waals surface area contributed by atoms with Gasteiger partial charge in [-0.25, -0.2) is 14.5 Å². The fraction of sp³-hybridized carbons (Fsp3) is 0.0625. The van der Waals surface area contributed by atoms with Gasteiger partial charge in [0.15, 0.2) is 0 Å². The van der Waals surface area contributed by atoms with Gasteiger partial charge in [0.25, 0.3) is 0 Å². The Morgan fingerprint density at radius 2 is 1.83 bits per heavy atom. The van der Waals surface area contributed by atoms with Crippen LogP contribution in [-0.2, 0) is 6.18 Å². The maximum atomic E-state index is 12.9. The fourth-order valence-corrected chi connectivity index (χ4v) is 2.29. The van der Waals surface area contributed by atoms with Gasteiger partial charge >= 0.3 is 12.1 Å². The molecule has 1 aromatic heterocycles. The average Bonchev–Trinajstić information content (AvgIpc) is 3.08. The summed E-state index contributed by atoms with van der Waals surface area (Å²) < 4.78 is 39.8. The highest BCUT2D eigenvalue weighted by Crippen LogP contribution is 2.33. The monoisotopic (exact) mass is 333 g/mol. The molecule has 0 aliphatic heterocycles. The van der Waals surface area contributed by atoms with Crippen molar-refractivity contribution in [2.45, 2.75) is 6.18 Å². The molecule has 0 spiro atoms. The highest BCUT2D eigenvalue weighted by atomic mass is 19.4. The standard InChI is InChI=1S/C16H10F3N3O2/c17-16(18,19)12-3-1-2-10(6-12)11-4-5-13(15(23)24)14(7-11)22-9-20-8-21-22/h1-9H,(H,23,24). The van der Waals surface area contributed by atoms with Crippen molar-refractivity contribution in [3.8, 4) is 16.8 Å². The van der Waals surface area contributed by atoms with Crippen molar-refractivity contribution in [1.82, 2.24) is 14.8 Å². The molecular weight excluding hydrogens is 323 g/mol. The number of alkyl halides is 3. The summed E-state index contributed by atoms with van der Waals surface area (Å²) >= 11 is 0. The Balaban J connectivity index is 2.14. The first-order valence-corrected chi connectivity index (χ1v) is 6.76. The lowest BCUT2D eigenvalue weighted by Crippen LogP contribution is -2.07. The van der Waals surface area contributed by atoms with Gasteiger partial charge in [-0.15, -0.1) is 0 Å². The number of hydrogen-bond donors (Lipinski definition) is 1. The summed E-state index contributed by atoms with van der Waals surface area (Å²) in [4.78, 5) is 15.1. The summed E-state index contributed by atoms with van der Waals surface area (Å²) in [6.07, 6.45) is -1.90. The van der Waals surface area contributed by atoms with Crippen molar-refractivity contribution in [2.75, 3.05) is 0 Å². The van der Waals surface area contributed by atoms with Crippen molar-refractivity contribution < 1.29 is 23.1 Å². The van der Waals surface area contributed by atoms with E-state index in [9.17, 15) is 23.1 Å². The number of benzene rings is 2. The van der Waals surface area contributed by atoms with Crippen LogP contribution in [-0.4, -0.2) is 25.8 Å². The molecule has 0 aliphatic rings. The third-order valence-electron chi connectivity index (χ3n) is 3.42. The predicted octanol–water partition coefficient (Wildman–Crippen LogP) is 3.65. The summed E-state index contributed by atoms with van der Waals surface area (Å²) in [7, 11) is 0. The van der Waals surface area contributed by atoms with Crippen molar-refractivity contribution in [2.24, 2.45) is 0 Å². The second-order valence-electron chi connectivity index (χ2n) is 4.96. The lowest BCUT2D eigenvalue weighted by atomic mass is 10.00. The Bertz CT molecular complexity index is 890. The Kier molecular flexibility index (Phi) is 3.80. The van der Waals surface area contributed by atoms with Crippen LogP contribution in [0.15, 0.2) is 55.1 Å². The zero-order valence-electron chi connectivity index (χ0n) is 12.0. The number of carboxylic acids is 1. The number of halogens is 3. The number of rotatable bonds is 3. The van der Waals surface area contributed by atoms with E-state index in [2.05, 4.69) is 10.1 Å². The fourth-order valence-electron chi connectivity index (χ4n) is 2.29. The maximum Gasteiger partial charge on any atom is 0.416 e. The molecule has 0 fully saturated rings. The van der Waals surface area contributed by atoms with Gasteiger partial charge in [-0.05, 0) is 35.4 Å². The Morgan fingerprint density at radius 3 is 2.46 bits per heavy atom. The molecule has 5 nitrogen and oxygen atoms in total. The minimum atomic E-state index is -4.45. The van der Waals surface area contributed by atoms with Crippen LogP contribution in [0.1, 0.15) is 15.9 Å². The molecule has 0 saturated heterocycles. The van der Waals surface area contributed by atoms with Crippen LogP contribution in [0.25, 0.3) is 16.8 Å². The molecule has 3 rings (SSSR count). The first kappa shape index (κ1) is 15.7. The third kappa shape index (κ3) is 2.98. The Hall–Kier alpha value is -3.16. The topological polar surface area (TPSA) is 68.0 Å². The lowest BCUT2D eigenvalue weighted by molar-refractivity contribution is -0.137. The van der Waals surface area contributed by atoms with Crippen LogP contribution in [0, 0.1) is 0 Å². The molecule has 2 aromatic carbocycles. The number of carboxylic acid groups (broad SMARTS) is 1. The summed E-state index contributed by atoms with van der Waals surface area (Å²) in [5.41, 5.74) is 0.176. The molecular formula is C16H10F3N3O2.